The molecule has 0 spiro atoms. The van der Waals surface area contributed by atoms with Crippen molar-refractivity contribution in [3.8, 4) is 5.75 Å². The molecule has 1 rings (SSSR count). The molecule has 19 heavy (non-hydrogen) atoms. The molecule has 0 unspecified atom stereocenters. The van der Waals surface area contributed by atoms with Gasteiger partial charge in [0.25, 0.3) is 0 Å². The van der Waals surface area contributed by atoms with E-state index in [2.05, 4.69) is 32.9 Å². The first-order valence-corrected chi connectivity index (χ1v) is 6.84. The van der Waals surface area contributed by atoms with Crippen LogP contribution in [0.3, 0.4) is 0 Å². The summed E-state index contributed by atoms with van der Waals surface area (Å²) in [6.45, 7) is 9.28. The Morgan fingerprint density at radius 1 is 0.947 bits per heavy atom. The molecule has 0 saturated heterocycles. The van der Waals surface area contributed by atoms with Crippen LogP contribution in [0.4, 0.5) is 0 Å². The van der Waals surface area contributed by atoms with E-state index in [9.17, 15) is 0 Å². The molecule has 1 aromatic rings. The second-order valence-electron chi connectivity index (χ2n) is 5.55. The lowest BCUT2D eigenvalue weighted by molar-refractivity contribution is 0.0643. The maximum atomic E-state index is 5.86. The molecule has 0 saturated carbocycles. The smallest absolute Gasteiger partial charge is 0.123 e. The highest BCUT2D eigenvalue weighted by molar-refractivity contribution is 5.38. The summed E-state index contributed by atoms with van der Waals surface area (Å²) in [5, 5.41) is 0. The van der Waals surface area contributed by atoms with Crippen LogP contribution in [0.1, 0.15) is 32.8 Å². The lowest BCUT2D eigenvalue weighted by Gasteiger charge is -2.22. The predicted molar refractivity (Wildman–Crippen MR) is 77.9 cm³/mol. The third-order valence-corrected chi connectivity index (χ3v) is 2.82. The summed E-state index contributed by atoms with van der Waals surface area (Å²) in [5.74, 6) is 0.979. The Labute approximate surface area is 116 Å². The van der Waals surface area contributed by atoms with Crippen molar-refractivity contribution in [2.45, 2.75) is 32.6 Å². The van der Waals surface area contributed by atoms with Crippen molar-refractivity contribution in [3.05, 3.63) is 29.8 Å². The molecule has 0 N–H and O–H groups in total. The molecule has 0 heterocycles. The molecule has 0 amide bonds. The zero-order chi connectivity index (χ0) is 14.1. The Hall–Kier alpha value is -1.06. The molecule has 1 aromatic carbocycles. The Morgan fingerprint density at radius 3 is 2.37 bits per heavy atom. The van der Waals surface area contributed by atoms with Crippen molar-refractivity contribution in [1.29, 1.82) is 0 Å². The first-order chi connectivity index (χ1) is 9.05. The maximum absolute atomic E-state index is 5.86. The zero-order valence-electron chi connectivity index (χ0n) is 12.6. The van der Waals surface area contributed by atoms with E-state index in [4.69, 9.17) is 14.2 Å². The summed E-state index contributed by atoms with van der Waals surface area (Å²) in [7, 11) is 1.68. The Bertz CT molecular complexity index is 355. The van der Waals surface area contributed by atoms with Gasteiger partial charge in [0.05, 0.1) is 19.8 Å². The highest BCUT2D eigenvalue weighted by atomic mass is 16.5. The van der Waals surface area contributed by atoms with Crippen molar-refractivity contribution < 1.29 is 14.2 Å². The summed E-state index contributed by atoms with van der Waals surface area (Å²) in [4.78, 5) is 0. The molecule has 0 radical (unpaired) electrons. The van der Waals surface area contributed by atoms with Crippen LogP contribution in [0.5, 0.6) is 5.75 Å². The molecule has 0 atom stereocenters. The molecule has 108 valence electrons. The van der Waals surface area contributed by atoms with Gasteiger partial charge < -0.3 is 14.2 Å². The molecule has 0 aliphatic heterocycles. The highest BCUT2D eigenvalue weighted by Gasteiger charge is 2.18. The van der Waals surface area contributed by atoms with Crippen molar-refractivity contribution in [2.24, 2.45) is 0 Å². The monoisotopic (exact) mass is 266 g/mol. The van der Waals surface area contributed by atoms with Crippen LogP contribution >= 0.6 is 0 Å². The van der Waals surface area contributed by atoms with Crippen LogP contribution in [-0.4, -0.2) is 33.5 Å². The van der Waals surface area contributed by atoms with Crippen LogP contribution in [0.15, 0.2) is 24.3 Å². The van der Waals surface area contributed by atoms with E-state index in [1.807, 2.05) is 12.1 Å². The van der Waals surface area contributed by atoms with Crippen LogP contribution in [0, 0.1) is 0 Å². The minimum absolute atomic E-state index is 0.103. The largest absolute Gasteiger partial charge is 0.493 e. The second kappa shape index (κ2) is 8.18. The van der Waals surface area contributed by atoms with E-state index in [1.165, 1.54) is 5.56 Å². The molecular formula is C16H26O3. The number of benzene rings is 1. The first-order valence-electron chi connectivity index (χ1n) is 6.84. The fourth-order valence-electron chi connectivity index (χ4n) is 1.80. The van der Waals surface area contributed by atoms with Crippen LogP contribution in [-0.2, 0) is 14.9 Å². The van der Waals surface area contributed by atoms with E-state index < -0.39 is 0 Å². The second-order valence-corrected chi connectivity index (χ2v) is 5.55. The number of para-hydroxylation sites is 1. The van der Waals surface area contributed by atoms with Gasteiger partial charge in [0.2, 0.25) is 0 Å². The SMILES string of the molecule is COCCOCCCOc1ccccc1C(C)(C)C. The van der Waals surface area contributed by atoms with Crippen molar-refractivity contribution >= 4 is 0 Å². The number of hydrogen-bond acceptors (Lipinski definition) is 3. The van der Waals surface area contributed by atoms with Crippen molar-refractivity contribution in [3.63, 3.8) is 0 Å². The average Bonchev–Trinajstić information content (AvgIpc) is 2.37. The zero-order valence-corrected chi connectivity index (χ0v) is 12.6. The fourth-order valence-corrected chi connectivity index (χ4v) is 1.80. The van der Waals surface area contributed by atoms with Crippen molar-refractivity contribution in [1.82, 2.24) is 0 Å². The quantitative estimate of drug-likeness (QED) is 0.675. The summed E-state index contributed by atoms with van der Waals surface area (Å²) in [6, 6.07) is 8.23. The highest BCUT2D eigenvalue weighted by Crippen LogP contribution is 2.30. The average molecular weight is 266 g/mol. The fraction of sp³-hybridized carbons (Fsp3) is 0.625. The molecule has 3 heteroatoms. The van der Waals surface area contributed by atoms with Gasteiger partial charge in [-0.05, 0) is 17.0 Å². The van der Waals surface area contributed by atoms with Gasteiger partial charge in [-0.25, -0.2) is 0 Å². The van der Waals surface area contributed by atoms with Gasteiger partial charge in [-0.2, -0.15) is 0 Å². The number of hydrogen-bond donors (Lipinski definition) is 0. The van der Waals surface area contributed by atoms with Crippen molar-refractivity contribution in [2.75, 3.05) is 33.5 Å². The van der Waals surface area contributed by atoms with Gasteiger partial charge in [-0.1, -0.05) is 39.0 Å². The molecule has 0 aliphatic rings. The lowest BCUT2D eigenvalue weighted by Crippen LogP contribution is -2.14. The maximum Gasteiger partial charge on any atom is 0.123 e. The third-order valence-electron chi connectivity index (χ3n) is 2.82. The number of rotatable bonds is 8. The Morgan fingerprint density at radius 2 is 1.68 bits per heavy atom. The Balaban J connectivity index is 2.33. The van der Waals surface area contributed by atoms with Crippen LogP contribution < -0.4 is 4.74 Å². The minimum Gasteiger partial charge on any atom is -0.493 e. The first kappa shape index (κ1) is 16.0. The minimum atomic E-state index is 0.103. The Kier molecular flexibility index (Phi) is 6.89. The molecule has 0 fully saturated rings. The van der Waals surface area contributed by atoms with Gasteiger partial charge >= 0.3 is 0 Å². The number of ether oxygens (including phenoxy) is 3. The number of methoxy groups -OCH3 is 1. The molecule has 0 aliphatic carbocycles. The van der Waals surface area contributed by atoms with Gasteiger partial charge in [-0.3, -0.25) is 0 Å². The van der Waals surface area contributed by atoms with Gasteiger partial charge in [-0.15, -0.1) is 0 Å². The molecule has 0 bridgehead atoms. The van der Waals surface area contributed by atoms with E-state index in [1.54, 1.807) is 7.11 Å². The third kappa shape index (κ3) is 6.08. The summed E-state index contributed by atoms with van der Waals surface area (Å²) in [5.41, 5.74) is 1.35. The molecule has 0 aromatic heterocycles. The van der Waals surface area contributed by atoms with E-state index in [-0.39, 0.29) is 5.41 Å². The van der Waals surface area contributed by atoms with Gasteiger partial charge in [0.15, 0.2) is 0 Å². The lowest BCUT2D eigenvalue weighted by atomic mass is 9.86. The van der Waals surface area contributed by atoms with Gasteiger partial charge in [0.1, 0.15) is 5.75 Å². The van der Waals surface area contributed by atoms with Crippen LogP contribution in [0.25, 0.3) is 0 Å². The van der Waals surface area contributed by atoms with E-state index in [0.29, 0.717) is 26.4 Å². The standard InChI is InChI=1S/C16H26O3/c1-16(2,3)14-8-5-6-9-15(14)19-11-7-10-18-13-12-17-4/h5-6,8-9H,7,10-13H2,1-4H3. The van der Waals surface area contributed by atoms with Crippen LogP contribution in [0.2, 0.25) is 0 Å². The molecule has 3 nitrogen and oxygen atoms in total. The molecular weight excluding hydrogens is 240 g/mol. The summed E-state index contributed by atoms with van der Waals surface area (Å²) in [6.07, 6.45) is 0.891. The summed E-state index contributed by atoms with van der Waals surface area (Å²) < 4.78 is 16.2. The van der Waals surface area contributed by atoms with E-state index >= 15 is 0 Å². The summed E-state index contributed by atoms with van der Waals surface area (Å²) >= 11 is 0. The van der Waals surface area contributed by atoms with Gasteiger partial charge in [0, 0.05) is 20.1 Å². The predicted octanol–water partition coefficient (Wildman–Crippen LogP) is 3.42. The van der Waals surface area contributed by atoms with E-state index in [0.717, 1.165) is 12.2 Å². The normalized spacial score (nSPS) is 11.6. The topological polar surface area (TPSA) is 27.7 Å².